The smallest absolute Gasteiger partial charge is 0.371 e. The standard InChI is InChI=1S/C43H42Cl2N4/c44-35-15-17-37-39(46-21-5-1-2-6-22-46)19-25-48(41(37)29-35)43(33-13-9-11-31(27-33)32-12-10-14-34(43)28-32)49-26-20-40(47-23-7-3-4-8-24-47)38-18-16-36(45)30-42(38)49/h9-20,25-30H,1-8,21-24H2/q+2. The van der Waals surface area contributed by atoms with Crippen LogP contribution in [0.2, 0.25) is 10.0 Å². The molecule has 6 aromatic rings. The zero-order valence-electron chi connectivity index (χ0n) is 27.9. The first kappa shape index (κ1) is 30.9. The predicted octanol–water partition coefficient (Wildman–Crippen LogP) is 9.91. The van der Waals surface area contributed by atoms with Crippen molar-refractivity contribution in [2.75, 3.05) is 36.0 Å². The van der Waals surface area contributed by atoms with Gasteiger partial charge in [-0.15, -0.1) is 9.13 Å². The zero-order chi connectivity index (χ0) is 33.0. The number of pyridine rings is 2. The van der Waals surface area contributed by atoms with E-state index in [9.17, 15) is 0 Å². The summed E-state index contributed by atoms with van der Waals surface area (Å²) in [6.45, 7) is 4.30. The Balaban J connectivity index is 1.39. The topological polar surface area (TPSA) is 14.2 Å². The summed E-state index contributed by atoms with van der Waals surface area (Å²) in [6.07, 6.45) is 14.7. The number of aromatic nitrogens is 2. The highest BCUT2D eigenvalue weighted by atomic mass is 35.5. The number of hydrogen-bond acceptors (Lipinski definition) is 2. The summed E-state index contributed by atoms with van der Waals surface area (Å²) in [5, 5.41) is 3.90. The van der Waals surface area contributed by atoms with Crippen LogP contribution in [-0.2, 0) is 5.66 Å². The quantitative estimate of drug-likeness (QED) is 0.171. The first-order chi connectivity index (χ1) is 24.1. The van der Waals surface area contributed by atoms with Crippen molar-refractivity contribution in [2.24, 2.45) is 0 Å². The summed E-state index contributed by atoms with van der Waals surface area (Å²) in [4.78, 5) is 5.18. The molecule has 0 atom stereocenters. The molecule has 0 saturated carbocycles. The average molecular weight is 686 g/mol. The van der Waals surface area contributed by atoms with Gasteiger partial charge in [0, 0.05) is 60.5 Å². The average Bonchev–Trinajstić information content (AvgIpc) is 3.60. The zero-order valence-corrected chi connectivity index (χ0v) is 29.4. The lowest BCUT2D eigenvalue weighted by atomic mass is 9.89. The molecule has 2 aliphatic heterocycles. The van der Waals surface area contributed by atoms with Gasteiger partial charge in [-0.2, -0.15) is 0 Å². The number of benzene rings is 4. The van der Waals surface area contributed by atoms with E-state index in [1.54, 1.807) is 0 Å². The molecule has 9 rings (SSSR count). The van der Waals surface area contributed by atoms with E-state index in [1.165, 1.54) is 95.8 Å². The molecule has 246 valence electrons. The van der Waals surface area contributed by atoms with Gasteiger partial charge in [-0.1, -0.05) is 73.2 Å². The highest BCUT2D eigenvalue weighted by molar-refractivity contribution is 6.31. The van der Waals surface area contributed by atoms with Gasteiger partial charge in [0.2, 0.25) is 11.0 Å². The Labute approximate surface area is 299 Å². The van der Waals surface area contributed by atoms with Crippen molar-refractivity contribution in [3.8, 4) is 11.1 Å². The fourth-order valence-corrected chi connectivity index (χ4v) is 9.21. The lowest BCUT2D eigenvalue weighted by Crippen LogP contribution is -2.74. The Bertz CT molecular complexity index is 2040. The summed E-state index contributed by atoms with van der Waals surface area (Å²) in [5.74, 6) is 0. The largest absolute Gasteiger partial charge is 0.415 e. The Morgan fingerprint density at radius 2 is 0.898 bits per heavy atom. The number of fused-ring (bicyclic) bond motifs is 7. The Morgan fingerprint density at radius 1 is 0.469 bits per heavy atom. The third-order valence-corrected chi connectivity index (χ3v) is 11.7. The van der Waals surface area contributed by atoms with E-state index in [0.29, 0.717) is 0 Å². The molecule has 2 aromatic heterocycles. The Morgan fingerprint density at radius 3 is 1.33 bits per heavy atom. The first-order valence-corrected chi connectivity index (χ1v) is 18.9. The number of halogens is 2. The van der Waals surface area contributed by atoms with E-state index in [2.05, 4.69) is 128 Å². The minimum Gasteiger partial charge on any atom is -0.371 e. The second-order valence-electron chi connectivity index (χ2n) is 14.1. The van der Waals surface area contributed by atoms with Gasteiger partial charge in [-0.25, -0.2) is 0 Å². The Kier molecular flexibility index (Phi) is 7.97. The maximum atomic E-state index is 6.93. The van der Waals surface area contributed by atoms with Gasteiger partial charge in [-0.3, -0.25) is 0 Å². The van der Waals surface area contributed by atoms with Crippen molar-refractivity contribution in [2.45, 2.75) is 57.0 Å². The van der Waals surface area contributed by atoms with Crippen LogP contribution in [0.5, 0.6) is 0 Å². The van der Waals surface area contributed by atoms with Crippen molar-refractivity contribution >= 4 is 56.4 Å². The highest BCUT2D eigenvalue weighted by Gasteiger charge is 2.57. The normalized spacial score (nSPS) is 17.5. The van der Waals surface area contributed by atoms with Crippen LogP contribution in [0.1, 0.15) is 62.5 Å². The molecule has 1 aliphatic carbocycles. The molecule has 2 saturated heterocycles. The Hall–Kier alpha value is -4.12. The van der Waals surface area contributed by atoms with Crippen molar-refractivity contribution in [1.29, 1.82) is 0 Å². The fraction of sp³-hybridized carbons (Fsp3) is 0.302. The fourth-order valence-electron chi connectivity index (χ4n) is 8.88. The maximum Gasteiger partial charge on any atom is 0.415 e. The van der Waals surface area contributed by atoms with Crippen LogP contribution < -0.4 is 18.9 Å². The first-order valence-electron chi connectivity index (χ1n) is 18.1. The van der Waals surface area contributed by atoms with E-state index in [1.807, 2.05) is 0 Å². The van der Waals surface area contributed by atoms with Crippen LogP contribution in [0.3, 0.4) is 0 Å². The minimum atomic E-state index is -0.789. The lowest BCUT2D eigenvalue weighted by Gasteiger charge is -2.29. The summed E-state index contributed by atoms with van der Waals surface area (Å²) in [6, 6.07) is 35.8. The van der Waals surface area contributed by atoms with Gasteiger partial charge in [0.25, 0.3) is 0 Å². The SMILES string of the molecule is Clc1ccc2c(N3CCCCCC3)cc[n+](C3([n+]4ccc(N5CCCCCC5)c5ccc(Cl)cc54)c4cccc(c4)-c4cccc3c4)c2c1. The van der Waals surface area contributed by atoms with Crippen LogP contribution in [-0.4, -0.2) is 26.2 Å². The number of rotatable bonds is 4. The lowest BCUT2D eigenvalue weighted by molar-refractivity contribution is -0.950. The highest BCUT2D eigenvalue weighted by Crippen LogP contribution is 2.40. The second-order valence-corrected chi connectivity index (χ2v) is 15.0. The summed E-state index contributed by atoms with van der Waals surface area (Å²) >= 11 is 13.9. The molecule has 4 aromatic carbocycles. The van der Waals surface area contributed by atoms with E-state index in [0.717, 1.165) is 47.3 Å². The van der Waals surface area contributed by atoms with Gasteiger partial charge < -0.3 is 9.80 Å². The van der Waals surface area contributed by atoms with Crippen LogP contribution in [0, 0.1) is 0 Å². The van der Waals surface area contributed by atoms with E-state index in [4.69, 9.17) is 23.2 Å². The molecule has 6 heteroatoms. The van der Waals surface area contributed by atoms with Gasteiger partial charge in [-0.05, 0) is 85.3 Å². The molecule has 0 radical (unpaired) electrons. The molecule has 0 spiro atoms. The predicted molar refractivity (Wildman–Crippen MR) is 203 cm³/mol. The van der Waals surface area contributed by atoms with E-state index in [-0.39, 0.29) is 0 Å². The summed E-state index contributed by atoms with van der Waals surface area (Å²) in [5.41, 5.74) is 8.79. The summed E-state index contributed by atoms with van der Waals surface area (Å²) < 4.78 is 4.95. The number of nitrogens with zero attached hydrogens (tertiary/aromatic N) is 4. The van der Waals surface area contributed by atoms with Gasteiger partial charge in [0.15, 0.2) is 12.4 Å². The van der Waals surface area contributed by atoms with Crippen molar-refractivity contribution < 1.29 is 9.13 Å². The maximum absolute atomic E-state index is 6.93. The monoisotopic (exact) mass is 684 g/mol. The molecule has 0 unspecified atom stereocenters. The van der Waals surface area contributed by atoms with Crippen molar-refractivity contribution in [3.05, 3.63) is 131 Å². The minimum absolute atomic E-state index is 0.731. The van der Waals surface area contributed by atoms with Crippen molar-refractivity contribution in [1.82, 2.24) is 0 Å². The van der Waals surface area contributed by atoms with Crippen LogP contribution >= 0.6 is 23.2 Å². The molecular weight excluding hydrogens is 643 g/mol. The molecular formula is C43H42Cl2N4+2. The molecule has 4 heterocycles. The van der Waals surface area contributed by atoms with E-state index >= 15 is 0 Å². The molecule has 3 aliphatic rings. The third kappa shape index (κ3) is 5.18. The second kappa shape index (κ2) is 12.6. The molecule has 0 amide bonds. The van der Waals surface area contributed by atoms with Crippen molar-refractivity contribution in [3.63, 3.8) is 0 Å². The van der Waals surface area contributed by atoms with Gasteiger partial charge in [0.1, 0.15) is 11.1 Å². The van der Waals surface area contributed by atoms with Crippen LogP contribution in [0.4, 0.5) is 11.4 Å². The molecule has 4 bridgehead atoms. The van der Waals surface area contributed by atoms with Crippen LogP contribution in [0.15, 0.2) is 109 Å². The number of anilines is 2. The number of hydrogen-bond donors (Lipinski definition) is 0. The van der Waals surface area contributed by atoms with Gasteiger partial charge >= 0.3 is 5.66 Å². The van der Waals surface area contributed by atoms with Crippen LogP contribution in [0.25, 0.3) is 32.9 Å². The third-order valence-electron chi connectivity index (χ3n) is 11.2. The summed E-state index contributed by atoms with van der Waals surface area (Å²) in [7, 11) is 0. The molecule has 0 N–H and O–H groups in total. The van der Waals surface area contributed by atoms with Gasteiger partial charge in [0.05, 0.1) is 22.1 Å². The molecule has 49 heavy (non-hydrogen) atoms. The molecule has 2 fully saturated rings. The van der Waals surface area contributed by atoms with E-state index < -0.39 is 5.66 Å². The molecule has 4 nitrogen and oxygen atoms in total.